The van der Waals surface area contributed by atoms with E-state index in [4.69, 9.17) is 9.57 Å². The Kier molecular flexibility index (Phi) is 7.34. The van der Waals surface area contributed by atoms with Gasteiger partial charge in [-0.2, -0.15) is 0 Å². The Balaban J connectivity index is 1.01. The number of imide groups is 1. The summed E-state index contributed by atoms with van der Waals surface area (Å²) in [5, 5.41) is 10.1. The summed E-state index contributed by atoms with van der Waals surface area (Å²) in [4.78, 5) is 51.5. The number of amides is 4. The van der Waals surface area contributed by atoms with Gasteiger partial charge in [-0.15, -0.1) is 0 Å². The first-order valence-electron chi connectivity index (χ1n) is 13.6. The summed E-state index contributed by atoms with van der Waals surface area (Å²) in [6, 6.07) is 22.9. The summed E-state index contributed by atoms with van der Waals surface area (Å²) in [5.41, 5.74) is 2.00. The Morgan fingerprint density at radius 2 is 1.49 bits per heavy atom. The Hall–Kier alpha value is -4.77. The zero-order chi connectivity index (χ0) is 28.3. The molecule has 0 aromatic heterocycles. The number of hydrogen-bond donors (Lipinski definition) is 1. The number of benzene rings is 3. The molecule has 11 heteroatoms. The van der Waals surface area contributed by atoms with Crippen LogP contribution < -0.4 is 9.64 Å². The number of aromatic hydroxyl groups is 1. The van der Waals surface area contributed by atoms with E-state index in [0.29, 0.717) is 57.4 Å². The van der Waals surface area contributed by atoms with Crippen LogP contribution in [0.15, 0.2) is 78.9 Å². The van der Waals surface area contributed by atoms with Gasteiger partial charge in [0.15, 0.2) is 0 Å². The Morgan fingerprint density at radius 1 is 0.805 bits per heavy atom. The lowest BCUT2D eigenvalue weighted by Crippen LogP contribution is -2.52. The predicted molar refractivity (Wildman–Crippen MR) is 149 cm³/mol. The van der Waals surface area contributed by atoms with Crippen molar-refractivity contribution in [2.75, 3.05) is 50.7 Å². The third-order valence-corrected chi connectivity index (χ3v) is 7.60. The second kappa shape index (κ2) is 11.4. The summed E-state index contributed by atoms with van der Waals surface area (Å²) in [5.74, 6) is 1.17. The first-order valence-corrected chi connectivity index (χ1v) is 13.6. The van der Waals surface area contributed by atoms with E-state index in [2.05, 4.69) is 9.80 Å². The van der Waals surface area contributed by atoms with E-state index in [1.165, 1.54) is 9.80 Å². The van der Waals surface area contributed by atoms with Gasteiger partial charge in [0, 0.05) is 58.0 Å². The van der Waals surface area contributed by atoms with E-state index in [1.807, 2.05) is 66.7 Å². The van der Waals surface area contributed by atoms with Crippen LogP contribution in [0.2, 0.25) is 0 Å². The van der Waals surface area contributed by atoms with Crippen LogP contribution in [0.4, 0.5) is 15.3 Å². The molecule has 4 amide bonds. The minimum Gasteiger partial charge on any atom is -0.508 e. The van der Waals surface area contributed by atoms with Crippen molar-refractivity contribution in [2.45, 2.75) is 12.6 Å². The summed E-state index contributed by atoms with van der Waals surface area (Å²) in [6.45, 7) is 3.81. The first kappa shape index (κ1) is 26.5. The molecule has 0 spiro atoms. The quantitative estimate of drug-likeness (QED) is 0.459. The number of phenolic OH excluding ortho intramolecular Hbond substituents is 1. The van der Waals surface area contributed by atoms with Gasteiger partial charge in [-0.3, -0.25) is 9.69 Å². The molecule has 1 N–H and O–H groups in total. The fraction of sp³-hybridized carbons (Fsp3) is 0.300. The zero-order valence-electron chi connectivity index (χ0n) is 22.5. The van der Waals surface area contributed by atoms with Crippen LogP contribution in [0.1, 0.15) is 5.56 Å². The number of piperazine rings is 2. The second-order valence-corrected chi connectivity index (χ2v) is 10.3. The number of ether oxygens (including phenoxy) is 1. The highest BCUT2D eigenvalue weighted by atomic mass is 16.7. The maximum Gasteiger partial charge on any atom is 0.434 e. The molecule has 41 heavy (non-hydrogen) atoms. The van der Waals surface area contributed by atoms with Crippen molar-refractivity contribution in [2.24, 2.45) is 0 Å². The van der Waals surface area contributed by atoms with Gasteiger partial charge in [-0.05, 0) is 54.1 Å². The molecule has 0 saturated carbocycles. The molecular weight excluding hydrogens is 526 g/mol. The van der Waals surface area contributed by atoms with E-state index in [9.17, 15) is 19.5 Å². The van der Waals surface area contributed by atoms with Gasteiger partial charge in [0.2, 0.25) is 0 Å². The van der Waals surface area contributed by atoms with Crippen LogP contribution in [-0.4, -0.2) is 94.8 Å². The molecule has 3 aromatic rings. The van der Waals surface area contributed by atoms with Crippen molar-refractivity contribution >= 4 is 23.7 Å². The number of urea groups is 1. The second-order valence-electron chi connectivity index (χ2n) is 10.3. The summed E-state index contributed by atoms with van der Waals surface area (Å²) in [7, 11) is 0. The highest BCUT2D eigenvalue weighted by Crippen LogP contribution is 2.26. The van der Waals surface area contributed by atoms with Crippen molar-refractivity contribution < 1.29 is 29.1 Å². The van der Waals surface area contributed by atoms with Gasteiger partial charge in [-0.25, -0.2) is 9.59 Å². The minimum absolute atomic E-state index is 0.193. The standard InChI is InChI=1S/C30H31N5O6/c36-24-10-8-23(9-11-24)32-15-17-33(18-16-32)30(39)41-35-28(37)27-21-31(14-19-34(27)29(35)38)20-22-6-12-26(13-7-22)40-25-4-2-1-3-5-25/h1-13,27,36H,14-21H2/t27-/m0/s1. The molecule has 3 saturated heterocycles. The SMILES string of the molecule is O=C(ON1C(=O)[C@@H]2CN(Cc3ccc(Oc4ccccc4)cc3)CCN2C1=O)N1CCN(c2ccc(O)cc2)CC1. The van der Waals surface area contributed by atoms with Crippen LogP contribution in [0.3, 0.4) is 0 Å². The molecule has 3 aliphatic heterocycles. The van der Waals surface area contributed by atoms with Gasteiger partial charge in [0.25, 0.3) is 5.91 Å². The topological polar surface area (TPSA) is 106 Å². The summed E-state index contributed by atoms with van der Waals surface area (Å²) < 4.78 is 5.86. The number of fused-ring (bicyclic) bond motifs is 1. The molecule has 3 heterocycles. The smallest absolute Gasteiger partial charge is 0.434 e. The fourth-order valence-electron chi connectivity index (χ4n) is 5.35. The lowest BCUT2D eigenvalue weighted by Gasteiger charge is -2.35. The Morgan fingerprint density at radius 3 is 2.20 bits per heavy atom. The number of hydroxylamine groups is 2. The number of carbonyl (C=O) groups excluding carboxylic acids is 3. The highest BCUT2D eigenvalue weighted by Gasteiger charge is 2.50. The van der Waals surface area contributed by atoms with E-state index >= 15 is 0 Å². The largest absolute Gasteiger partial charge is 0.508 e. The fourth-order valence-corrected chi connectivity index (χ4v) is 5.35. The molecule has 11 nitrogen and oxygen atoms in total. The number of phenols is 1. The van der Waals surface area contributed by atoms with Crippen molar-refractivity contribution in [1.82, 2.24) is 19.8 Å². The maximum absolute atomic E-state index is 13.1. The van der Waals surface area contributed by atoms with E-state index < -0.39 is 24.1 Å². The lowest BCUT2D eigenvalue weighted by atomic mass is 10.1. The summed E-state index contributed by atoms with van der Waals surface area (Å²) in [6.07, 6.45) is -0.716. The molecule has 1 atom stereocenters. The number of rotatable bonds is 6. The lowest BCUT2D eigenvalue weighted by molar-refractivity contribution is -0.152. The van der Waals surface area contributed by atoms with Crippen LogP contribution >= 0.6 is 0 Å². The van der Waals surface area contributed by atoms with Crippen molar-refractivity contribution in [3.8, 4) is 17.2 Å². The van der Waals surface area contributed by atoms with Crippen molar-refractivity contribution in [1.29, 1.82) is 0 Å². The Bertz CT molecular complexity index is 1390. The predicted octanol–water partition coefficient (Wildman–Crippen LogP) is 3.51. The van der Waals surface area contributed by atoms with E-state index in [1.54, 1.807) is 12.1 Å². The molecule has 3 aromatic carbocycles. The molecule has 0 aliphatic carbocycles. The number of hydrogen-bond acceptors (Lipinski definition) is 8. The van der Waals surface area contributed by atoms with E-state index in [0.717, 1.165) is 22.7 Å². The summed E-state index contributed by atoms with van der Waals surface area (Å²) >= 11 is 0. The molecule has 3 aliphatic rings. The highest BCUT2D eigenvalue weighted by molar-refractivity contribution is 6.04. The van der Waals surface area contributed by atoms with Crippen LogP contribution in [0.5, 0.6) is 17.2 Å². The van der Waals surface area contributed by atoms with Gasteiger partial charge in [0.05, 0.1) is 0 Å². The number of nitrogens with zero attached hydrogens (tertiary/aromatic N) is 5. The molecule has 0 bridgehead atoms. The Labute approximate surface area is 237 Å². The van der Waals surface area contributed by atoms with E-state index in [-0.39, 0.29) is 5.75 Å². The third-order valence-electron chi connectivity index (χ3n) is 7.60. The van der Waals surface area contributed by atoms with Crippen molar-refractivity contribution in [3.05, 3.63) is 84.4 Å². The first-order chi connectivity index (χ1) is 19.9. The normalized spacial score (nSPS) is 19.4. The van der Waals surface area contributed by atoms with Crippen LogP contribution in [0.25, 0.3) is 0 Å². The molecule has 3 fully saturated rings. The number of carbonyl (C=O) groups is 3. The van der Waals surface area contributed by atoms with Gasteiger partial charge in [0.1, 0.15) is 23.3 Å². The molecule has 6 rings (SSSR count). The van der Waals surface area contributed by atoms with Crippen molar-refractivity contribution in [3.63, 3.8) is 0 Å². The molecule has 0 radical (unpaired) electrons. The molecule has 0 unspecified atom stereocenters. The average molecular weight is 558 g/mol. The van der Waals surface area contributed by atoms with Gasteiger partial charge < -0.3 is 29.4 Å². The van der Waals surface area contributed by atoms with Crippen LogP contribution in [-0.2, 0) is 16.2 Å². The molecule has 212 valence electrons. The zero-order valence-corrected chi connectivity index (χ0v) is 22.5. The van der Waals surface area contributed by atoms with Gasteiger partial charge in [-0.1, -0.05) is 35.4 Å². The molecular formula is C30H31N5O6. The van der Waals surface area contributed by atoms with Crippen LogP contribution in [0, 0.1) is 0 Å². The maximum atomic E-state index is 13.1. The number of anilines is 1. The van der Waals surface area contributed by atoms with Gasteiger partial charge >= 0.3 is 12.1 Å². The average Bonchev–Trinajstić information content (AvgIpc) is 3.23. The minimum atomic E-state index is -0.716. The number of para-hydroxylation sites is 1. The monoisotopic (exact) mass is 557 g/mol. The third kappa shape index (κ3) is 5.75.